The average Bonchev–Trinajstić information content (AvgIpc) is 3.03. The van der Waals surface area contributed by atoms with Crippen LogP contribution in [0.1, 0.15) is 31.7 Å². The molecule has 0 saturated carbocycles. The fourth-order valence-corrected chi connectivity index (χ4v) is 4.57. The van der Waals surface area contributed by atoms with E-state index in [1.165, 1.54) is 14.2 Å². The van der Waals surface area contributed by atoms with Gasteiger partial charge < -0.3 is 14.2 Å². The first kappa shape index (κ1) is 19.4. The topological polar surface area (TPSA) is 61.8 Å². The standard InChI is InChI=1S/C20H23IO5/c1-19-9-13(17(22)24-3)10-20(19,2)16(26-11-19)15(18(23)25-4)12-5-7-14(21)8-6-12/h5-8,10,15-16H,9,11H2,1-4H3/t15?,16-,19-,20+/m1/s1. The molecule has 1 saturated heterocycles. The maximum absolute atomic E-state index is 12.7. The molecule has 1 heterocycles. The highest BCUT2D eigenvalue weighted by atomic mass is 127. The third kappa shape index (κ3) is 2.97. The van der Waals surface area contributed by atoms with E-state index in [4.69, 9.17) is 14.2 Å². The highest BCUT2D eigenvalue weighted by Crippen LogP contribution is 2.61. The summed E-state index contributed by atoms with van der Waals surface area (Å²) in [7, 11) is 2.78. The lowest BCUT2D eigenvalue weighted by Gasteiger charge is -2.38. The number of halogens is 1. The van der Waals surface area contributed by atoms with Crippen LogP contribution in [0.3, 0.4) is 0 Å². The second-order valence-electron chi connectivity index (χ2n) is 7.47. The van der Waals surface area contributed by atoms with Crippen molar-refractivity contribution in [2.75, 3.05) is 20.8 Å². The van der Waals surface area contributed by atoms with Crippen LogP contribution in [0.25, 0.3) is 0 Å². The van der Waals surface area contributed by atoms with Gasteiger partial charge in [-0.15, -0.1) is 0 Å². The van der Waals surface area contributed by atoms with Gasteiger partial charge in [0.15, 0.2) is 0 Å². The van der Waals surface area contributed by atoms with Gasteiger partial charge in [-0.3, -0.25) is 4.79 Å². The van der Waals surface area contributed by atoms with Crippen molar-refractivity contribution in [2.24, 2.45) is 10.8 Å². The summed E-state index contributed by atoms with van der Waals surface area (Å²) in [4.78, 5) is 24.8. The summed E-state index contributed by atoms with van der Waals surface area (Å²) in [5.74, 6) is -1.21. The number of rotatable bonds is 4. The molecule has 1 aliphatic heterocycles. The number of hydrogen-bond donors (Lipinski definition) is 0. The molecule has 26 heavy (non-hydrogen) atoms. The summed E-state index contributed by atoms with van der Waals surface area (Å²) in [6.45, 7) is 4.63. The van der Waals surface area contributed by atoms with Gasteiger partial charge in [-0.25, -0.2) is 4.79 Å². The lowest BCUT2D eigenvalue weighted by Crippen LogP contribution is -2.41. The molecule has 1 unspecified atom stereocenters. The minimum absolute atomic E-state index is 0.267. The lowest BCUT2D eigenvalue weighted by atomic mass is 9.64. The van der Waals surface area contributed by atoms with Crippen LogP contribution in [0.4, 0.5) is 0 Å². The van der Waals surface area contributed by atoms with Crippen molar-refractivity contribution >= 4 is 34.5 Å². The summed E-state index contributed by atoms with van der Waals surface area (Å²) in [6, 6.07) is 7.80. The zero-order chi connectivity index (χ0) is 19.1. The molecule has 1 aromatic carbocycles. The van der Waals surface area contributed by atoms with E-state index in [1.807, 2.05) is 30.3 Å². The number of ether oxygens (including phenoxy) is 3. The number of carbonyl (C=O) groups is 2. The predicted octanol–water partition coefficient (Wildman–Crippen LogP) is 3.46. The highest BCUT2D eigenvalue weighted by molar-refractivity contribution is 14.1. The molecule has 6 heteroatoms. The van der Waals surface area contributed by atoms with Gasteiger partial charge in [0, 0.05) is 20.0 Å². The average molecular weight is 470 g/mol. The van der Waals surface area contributed by atoms with Gasteiger partial charge in [-0.05, 0) is 46.7 Å². The molecule has 1 fully saturated rings. The Bertz CT molecular complexity index is 756. The molecule has 0 radical (unpaired) electrons. The van der Waals surface area contributed by atoms with E-state index in [0.29, 0.717) is 18.6 Å². The zero-order valence-electron chi connectivity index (χ0n) is 15.4. The Morgan fingerprint density at radius 2 is 1.85 bits per heavy atom. The quantitative estimate of drug-likeness (QED) is 0.499. The summed E-state index contributed by atoms with van der Waals surface area (Å²) in [6.07, 6.45) is 2.11. The van der Waals surface area contributed by atoms with Gasteiger partial charge in [0.1, 0.15) is 5.92 Å². The first-order valence-electron chi connectivity index (χ1n) is 8.51. The zero-order valence-corrected chi connectivity index (χ0v) is 17.5. The first-order chi connectivity index (χ1) is 12.3. The van der Waals surface area contributed by atoms with E-state index < -0.39 is 17.4 Å². The van der Waals surface area contributed by atoms with Gasteiger partial charge in [0.2, 0.25) is 0 Å². The Morgan fingerprint density at radius 3 is 2.42 bits per heavy atom. The molecule has 1 aliphatic carbocycles. The summed E-state index contributed by atoms with van der Waals surface area (Å²) < 4.78 is 17.3. The summed E-state index contributed by atoms with van der Waals surface area (Å²) >= 11 is 2.23. The molecule has 0 amide bonds. The van der Waals surface area contributed by atoms with Gasteiger partial charge in [-0.2, -0.15) is 0 Å². The monoisotopic (exact) mass is 470 g/mol. The minimum Gasteiger partial charge on any atom is -0.468 e. The van der Waals surface area contributed by atoms with Crippen molar-refractivity contribution in [1.29, 1.82) is 0 Å². The van der Waals surface area contributed by atoms with E-state index in [9.17, 15) is 9.59 Å². The molecule has 3 rings (SSSR count). The SMILES string of the molecule is COC(=O)C1=C[C@@]2(C)[C@@H](C(C(=O)OC)c3ccc(I)cc3)OC[C@@]2(C)C1. The molecule has 0 N–H and O–H groups in total. The maximum atomic E-state index is 12.7. The number of methoxy groups -OCH3 is 2. The molecule has 0 spiro atoms. The van der Waals surface area contributed by atoms with Crippen molar-refractivity contribution in [2.45, 2.75) is 32.3 Å². The van der Waals surface area contributed by atoms with Crippen LogP contribution in [-0.2, 0) is 23.8 Å². The lowest BCUT2D eigenvalue weighted by molar-refractivity contribution is -0.147. The van der Waals surface area contributed by atoms with Gasteiger partial charge in [0.25, 0.3) is 0 Å². The number of benzene rings is 1. The predicted molar refractivity (Wildman–Crippen MR) is 105 cm³/mol. The van der Waals surface area contributed by atoms with E-state index in [0.717, 1.165) is 9.13 Å². The van der Waals surface area contributed by atoms with Crippen molar-refractivity contribution < 1.29 is 23.8 Å². The Hall–Kier alpha value is -1.41. The molecule has 4 atom stereocenters. The van der Waals surface area contributed by atoms with E-state index in [2.05, 4.69) is 36.4 Å². The van der Waals surface area contributed by atoms with Crippen molar-refractivity contribution in [3.8, 4) is 0 Å². The first-order valence-corrected chi connectivity index (χ1v) is 9.58. The van der Waals surface area contributed by atoms with Crippen LogP contribution in [0, 0.1) is 14.4 Å². The van der Waals surface area contributed by atoms with E-state index in [1.54, 1.807) is 0 Å². The van der Waals surface area contributed by atoms with Crippen LogP contribution in [0.5, 0.6) is 0 Å². The normalized spacial score (nSPS) is 31.1. The fraction of sp³-hybridized carbons (Fsp3) is 0.500. The number of carbonyl (C=O) groups excluding carboxylic acids is 2. The Labute approximate surface area is 167 Å². The van der Waals surface area contributed by atoms with Crippen molar-refractivity contribution in [3.63, 3.8) is 0 Å². The summed E-state index contributed by atoms with van der Waals surface area (Å²) in [5.41, 5.74) is 0.763. The van der Waals surface area contributed by atoms with Crippen LogP contribution >= 0.6 is 22.6 Å². The molecule has 1 aromatic rings. The van der Waals surface area contributed by atoms with Gasteiger partial charge >= 0.3 is 11.9 Å². The minimum atomic E-state index is -0.558. The van der Waals surface area contributed by atoms with Gasteiger partial charge in [-0.1, -0.05) is 32.1 Å². The highest BCUT2D eigenvalue weighted by Gasteiger charge is 2.62. The van der Waals surface area contributed by atoms with Crippen molar-refractivity contribution in [3.05, 3.63) is 45.0 Å². The van der Waals surface area contributed by atoms with Crippen LogP contribution < -0.4 is 0 Å². The Balaban J connectivity index is 2.05. The van der Waals surface area contributed by atoms with Crippen LogP contribution in [-0.4, -0.2) is 38.9 Å². The largest absolute Gasteiger partial charge is 0.468 e. The molecule has 0 aromatic heterocycles. The summed E-state index contributed by atoms with van der Waals surface area (Å²) in [5, 5.41) is 0. The molecular weight excluding hydrogens is 447 g/mol. The fourth-order valence-electron chi connectivity index (χ4n) is 4.21. The number of hydrogen-bond acceptors (Lipinski definition) is 5. The Morgan fingerprint density at radius 1 is 1.19 bits per heavy atom. The van der Waals surface area contributed by atoms with Crippen LogP contribution in [0.2, 0.25) is 0 Å². The maximum Gasteiger partial charge on any atom is 0.333 e. The van der Waals surface area contributed by atoms with E-state index in [-0.39, 0.29) is 17.4 Å². The third-order valence-corrected chi connectivity index (χ3v) is 6.68. The smallest absolute Gasteiger partial charge is 0.333 e. The Kier molecular flexibility index (Phi) is 5.18. The van der Waals surface area contributed by atoms with Gasteiger partial charge in [0.05, 0.1) is 26.9 Å². The van der Waals surface area contributed by atoms with Crippen LogP contribution in [0.15, 0.2) is 35.9 Å². The molecule has 2 aliphatic rings. The third-order valence-electron chi connectivity index (χ3n) is 5.96. The molecule has 5 nitrogen and oxygen atoms in total. The number of esters is 2. The van der Waals surface area contributed by atoms with Crippen molar-refractivity contribution in [1.82, 2.24) is 0 Å². The second kappa shape index (κ2) is 6.96. The number of fused-ring (bicyclic) bond motifs is 1. The molecule has 0 bridgehead atoms. The van der Waals surface area contributed by atoms with E-state index >= 15 is 0 Å². The molecule has 140 valence electrons. The second-order valence-corrected chi connectivity index (χ2v) is 8.71. The molecular formula is C20H23IO5.